The van der Waals surface area contributed by atoms with E-state index in [4.69, 9.17) is 4.42 Å². The van der Waals surface area contributed by atoms with Crippen LogP contribution in [0.25, 0.3) is 0 Å². The van der Waals surface area contributed by atoms with Gasteiger partial charge in [0.2, 0.25) is 0 Å². The summed E-state index contributed by atoms with van der Waals surface area (Å²) in [5.41, 5.74) is 0. The SMILES string of the molecule is C[C@@H](NC(=O)NCc1ccco1)c1nncn1C. The molecule has 7 heteroatoms. The van der Waals surface area contributed by atoms with Crippen molar-refractivity contribution in [3.05, 3.63) is 36.3 Å². The van der Waals surface area contributed by atoms with Crippen LogP contribution in [0.4, 0.5) is 4.79 Å². The fraction of sp³-hybridized carbons (Fsp3) is 0.364. The molecule has 2 aromatic heterocycles. The third kappa shape index (κ3) is 2.88. The van der Waals surface area contributed by atoms with E-state index in [0.29, 0.717) is 18.1 Å². The van der Waals surface area contributed by atoms with Crippen molar-refractivity contribution in [2.24, 2.45) is 7.05 Å². The highest BCUT2D eigenvalue weighted by molar-refractivity contribution is 5.74. The molecule has 1 atom stereocenters. The highest BCUT2D eigenvalue weighted by Crippen LogP contribution is 2.06. The molecule has 0 aliphatic rings. The maximum atomic E-state index is 11.6. The molecule has 0 unspecified atom stereocenters. The molecule has 2 N–H and O–H groups in total. The Morgan fingerprint density at radius 2 is 2.44 bits per heavy atom. The second-order valence-electron chi connectivity index (χ2n) is 3.93. The van der Waals surface area contributed by atoms with Crippen LogP contribution in [0.5, 0.6) is 0 Å². The minimum absolute atomic E-state index is 0.214. The number of hydrogen-bond donors (Lipinski definition) is 2. The van der Waals surface area contributed by atoms with Gasteiger partial charge >= 0.3 is 6.03 Å². The smallest absolute Gasteiger partial charge is 0.315 e. The largest absolute Gasteiger partial charge is 0.467 e. The molecule has 0 spiro atoms. The van der Waals surface area contributed by atoms with Gasteiger partial charge < -0.3 is 19.6 Å². The lowest BCUT2D eigenvalue weighted by Gasteiger charge is -2.13. The van der Waals surface area contributed by atoms with Gasteiger partial charge in [0.25, 0.3) is 0 Å². The zero-order chi connectivity index (χ0) is 13.0. The van der Waals surface area contributed by atoms with Crippen molar-refractivity contribution in [3.63, 3.8) is 0 Å². The maximum Gasteiger partial charge on any atom is 0.315 e. The first-order valence-electron chi connectivity index (χ1n) is 5.57. The van der Waals surface area contributed by atoms with Gasteiger partial charge in [-0.15, -0.1) is 10.2 Å². The number of carbonyl (C=O) groups is 1. The zero-order valence-electron chi connectivity index (χ0n) is 10.3. The summed E-state index contributed by atoms with van der Waals surface area (Å²) < 4.78 is 6.87. The van der Waals surface area contributed by atoms with Crippen LogP contribution in [0.1, 0.15) is 24.6 Å². The monoisotopic (exact) mass is 249 g/mol. The van der Waals surface area contributed by atoms with Crippen LogP contribution >= 0.6 is 0 Å². The van der Waals surface area contributed by atoms with E-state index < -0.39 is 0 Å². The molecule has 96 valence electrons. The first kappa shape index (κ1) is 12.2. The van der Waals surface area contributed by atoms with Gasteiger partial charge in [-0.05, 0) is 19.1 Å². The summed E-state index contributed by atoms with van der Waals surface area (Å²) in [5, 5.41) is 13.2. The van der Waals surface area contributed by atoms with Crippen molar-refractivity contribution in [2.75, 3.05) is 0 Å². The fourth-order valence-electron chi connectivity index (χ4n) is 1.58. The Kier molecular flexibility index (Phi) is 3.61. The van der Waals surface area contributed by atoms with Crippen molar-refractivity contribution in [3.8, 4) is 0 Å². The summed E-state index contributed by atoms with van der Waals surface area (Å²) in [4.78, 5) is 11.6. The van der Waals surface area contributed by atoms with E-state index in [9.17, 15) is 4.79 Å². The normalized spacial score (nSPS) is 12.1. The van der Waals surface area contributed by atoms with Crippen LogP contribution in [-0.4, -0.2) is 20.8 Å². The summed E-state index contributed by atoms with van der Waals surface area (Å²) in [6.07, 6.45) is 3.16. The molecule has 7 nitrogen and oxygen atoms in total. The number of nitrogens with zero attached hydrogens (tertiary/aromatic N) is 3. The Hall–Kier alpha value is -2.31. The number of hydrogen-bond acceptors (Lipinski definition) is 4. The molecule has 18 heavy (non-hydrogen) atoms. The lowest BCUT2D eigenvalue weighted by Crippen LogP contribution is -2.37. The van der Waals surface area contributed by atoms with E-state index in [1.807, 2.05) is 14.0 Å². The number of aryl methyl sites for hydroxylation is 1. The highest BCUT2D eigenvalue weighted by Gasteiger charge is 2.13. The van der Waals surface area contributed by atoms with Gasteiger partial charge in [-0.2, -0.15) is 0 Å². The van der Waals surface area contributed by atoms with Crippen LogP contribution in [0, 0.1) is 0 Å². The molecule has 0 aliphatic heterocycles. The second kappa shape index (κ2) is 5.35. The minimum atomic E-state index is -0.276. The fourth-order valence-corrected chi connectivity index (χ4v) is 1.58. The van der Waals surface area contributed by atoms with Crippen LogP contribution in [-0.2, 0) is 13.6 Å². The molecule has 0 aromatic carbocycles. The first-order valence-corrected chi connectivity index (χ1v) is 5.57. The van der Waals surface area contributed by atoms with E-state index in [1.54, 1.807) is 29.3 Å². The number of rotatable bonds is 4. The van der Waals surface area contributed by atoms with E-state index in [2.05, 4.69) is 20.8 Å². The Labute approximate surface area is 104 Å². The lowest BCUT2D eigenvalue weighted by atomic mass is 10.3. The number of nitrogens with one attached hydrogen (secondary N) is 2. The van der Waals surface area contributed by atoms with E-state index >= 15 is 0 Å². The van der Waals surface area contributed by atoms with Crippen LogP contribution in [0.15, 0.2) is 29.1 Å². The molecule has 2 heterocycles. The van der Waals surface area contributed by atoms with Crippen molar-refractivity contribution in [1.29, 1.82) is 0 Å². The Bertz CT molecular complexity index is 505. The average Bonchev–Trinajstić information content (AvgIpc) is 2.97. The molecule has 2 aromatic rings. The minimum Gasteiger partial charge on any atom is -0.467 e. The summed E-state index contributed by atoms with van der Waals surface area (Å²) >= 11 is 0. The molecule has 0 saturated heterocycles. The molecule has 0 radical (unpaired) electrons. The first-order chi connectivity index (χ1) is 8.66. The van der Waals surface area contributed by atoms with Gasteiger partial charge in [0.1, 0.15) is 12.1 Å². The standard InChI is InChI=1S/C11H15N5O2/c1-8(10-15-13-7-16(10)2)14-11(17)12-6-9-4-3-5-18-9/h3-5,7-8H,6H2,1-2H3,(H2,12,14,17)/t8-/m1/s1. The summed E-state index contributed by atoms with van der Waals surface area (Å²) in [5.74, 6) is 1.40. The zero-order valence-corrected chi connectivity index (χ0v) is 10.3. The number of aromatic nitrogens is 3. The molecule has 0 saturated carbocycles. The van der Waals surface area contributed by atoms with Gasteiger partial charge in [0.15, 0.2) is 5.82 Å². The second-order valence-corrected chi connectivity index (χ2v) is 3.93. The third-order valence-electron chi connectivity index (χ3n) is 2.48. The predicted molar refractivity (Wildman–Crippen MR) is 63.5 cm³/mol. The molecular weight excluding hydrogens is 234 g/mol. The van der Waals surface area contributed by atoms with Crippen LogP contribution < -0.4 is 10.6 Å². The molecule has 0 aliphatic carbocycles. The van der Waals surface area contributed by atoms with Gasteiger partial charge in [0.05, 0.1) is 18.8 Å². The van der Waals surface area contributed by atoms with Gasteiger partial charge in [-0.1, -0.05) is 0 Å². The van der Waals surface area contributed by atoms with E-state index in [0.717, 1.165) is 0 Å². The molecule has 0 bridgehead atoms. The number of furan rings is 1. The highest BCUT2D eigenvalue weighted by atomic mass is 16.3. The Morgan fingerprint density at radius 3 is 3.06 bits per heavy atom. The molecule has 2 amide bonds. The quantitative estimate of drug-likeness (QED) is 0.845. The predicted octanol–water partition coefficient (Wildman–Crippen LogP) is 0.969. The average molecular weight is 249 g/mol. The number of carbonyl (C=O) groups excluding carboxylic acids is 1. The summed E-state index contributed by atoms with van der Waals surface area (Å²) in [7, 11) is 1.83. The van der Waals surface area contributed by atoms with Crippen LogP contribution in [0.3, 0.4) is 0 Å². The van der Waals surface area contributed by atoms with Gasteiger partial charge in [-0.3, -0.25) is 0 Å². The Morgan fingerprint density at radius 1 is 1.61 bits per heavy atom. The van der Waals surface area contributed by atoms with Crippen molar-refractivity contribution < 1.29 is 9.21 Å². The van der Waals surface area contributed by atoms with Crippen LogP contribution in [0.2, 0.25) is 0 Å². The van der Waals surface area contributed by atoms with Crippen molar-refractivity contribution in [2.45, 2.75) is 19.5 Å². The van der Waals surface area contributed by atoms with Gasteiger partial charge in [0, 0.05) is 7.05 Å². The van der Waals surface area contributed by atoms with Gasteiger partial charge in [-0.25, -0.2) is 4.79 Å². The topological polar surface area (TPSA) is 85.0 Å². The third-order valence-corrected chi connectivity index (χ3v) is 2.48. The number of amides is 2. The van der Waals surface area contributed by atoms with Crippen molar-refractivity contribution in [1.82, 2.24) is 25.4 Å². The Balaban J connectivity index is 1.82. The maximum absolute atomic E-state index is 11.6. The molecular formula is C11H15N5O2. The number of urea groups is 1. The molecule has 0 fully saturated rings. The summed E-state index contributed by atoms with van der Waals surface area (Å²) in [6, 6.07) is 3.08. The lowest BCUT2D eigenvalue weighted by molar-refractivity contribution is 0.236. The molecule has 2 rings (SSSR count). The van der Waals surface area contributed by atoms with Crippen molar-refractivity contribution >= 4 is 6.03 Å². The summed E-state index contributed by atoms with van der Waals surface area (Å²) in [6.45, 7) is 2.20. The van der Waals surface area contributed by atoms with E-state index in [-0.39, 0.29) is 12.1 Å². The van der Waals surface area contributed by atoms with E-state index in [1.165, 1.54) is 0 Å².